The van der Waals surface area contributed by atoms with Crippen LogP contribution in [-0.2, 0) is 0 Å². The minimum atomic E-state index is -0.334. The SMILES string of the molecule is CN1C[C@H](O)C[C@H](O)C1. The number of rotatable bonds is 0. The summed E-state index contributed by atoms with van der Waals surface area (Å²) in [6.45, 7) is 1.38. The van der Waals surface area contributed by atoms with E-state index in [1.807, 2.05) is 11.9 Å². The maximum absolute atomic E-state index is 9.05. The third-order valence-corrected chi connectivity index (χ3v) is 1.59. The van der Waals surface area contributed by atoms with E-state index in [0.29, 0.717) is 19.5 Å². The van der Waals surface area contributed by atoms with Gasteiger partial charge in [-0.05, 0) is 7.05 Å². The second kappa shape index (κ2) is 2.64. The zero-order chi connectivity index (χ0) is 6.85. The van der Waals surface area contributed by atoms with Crippen LogP contribution < -0.4 is 0 Å². The van der Waals surface area contributed by atoms with Crippen LogP contribution in [0.2, 0.25) is 0 Å². The van der Waals surface area contributed by atoms with Crippen molar-refractivity contribution in [1.82, 2.24) is 4.90 Å². The van der Waals surface area contributed by atoms with Crippen molar-refractivity contribution in [2.45, 2.75) is 18.6 Å². The molecule has 0 spiro atoms. The highest BCUT2D eigenvalue weighted by Crippen LogP contribution is 2.07. The predicted octanol–water partition coefficient (Wildman–Crippen LogP) is -0.956. The average Bonchev–Trinajstić information content (AvgIpc) is 1.59. The summed E-state index contributed by atoms with van der Waals surface area (Å²) in [7, 11) is 1.89. The fourth-order valence-corrected chi connectivity index (χ4v) is 1.26. The number of aliphatic hydroxyl groups excluding tert-OH is 2. The van der Waals surface area contributed by atoms with Crippen LogP contribution in [0.4, 0.5) is 0 Å². The second-order valence-electron chi connectivity index (χ2n) is 2.76. The number of likely N-dealkylation sites (N-methyl/N-ethyl adjacent to an activating group) is 1. The Morgan fingerprint density at radius 2 is 1.67 bits per heavy atom. The highest BCUT2D eigenvalue weighted by atomic mass is 16.3. The number of likely N-dealkylation sites (tertiary alicyclic amines) is 1. The van der Waals surface area contributed by atoms with E-state index < -0.39 is 0 Å². The summed E-state index contributed by atoms with van der Waals surface area (Å²) >= 11 is 0. The summed E-state index contributed by atoms with van der Waals surface area (Å²) in [6.07, 6.45) is -0.137. The standard InChI is InChI=1S/C6H13NO2/c1-7-3-5(8)2-6(9)4-7/h5-6,8-9H,2-4H2,1H3/t5-,6+. The van der Waals surface area contributed by atoms with Gasteiger partial charge in [-0.1, -0.05) is 0 Å². The largest absolute Gasteiger partial charge is 0.392 e. The number of nitrogens with zero attached hydrogens (tertiary/aromatic N) is 1. The molecule has 54 valence electrons. The Morgan fingerprint density at radius 1 is 1.22 bits per heavy atom. The van der Waals surface area contributed by atoms with Crippen molar-refractivity contribution in [3.63, 3.8) is 0 Å². The highest BCUT2D eigenvalue weighted by Gasteiger charge is 2.20. The first-order valence-corrected chi connectivity index (χ1v) is 3.23. The summed E-state index contributed by atoms with van der Waals surface area (Å²) in [6, 6.07) is 0. The van der Waals surface area contributed by atoms with Gasteiger partial charge in [-0.15, -0.1) is 0 Å². The molecule has 0 bridgehead atoms. The summed E-state index contributed by atoms with van der Waals surface area (Å²) in [5.74, 6) is 0. The minimum absolute atomic E-state index is 0.334. The first kappa shape index (κ1) is 6.99. The molecule has 0 amide bonds. The van der Waals surface area contributed by atoms with Crippen molar-refractivity contribution in [2.75, 3.05) is 20.1 Å². The molecule has 0 aliphatic carbocycles. The van der Waals surface area contributed by atoms with Crippen molar-refractivity contribution in [1.29, 1.82) is 0 Å². The normalized spacial score (nSPS) is 39.0. The number of hydrogen-bond acceptors (Lipinski definition) is 3. The fraction of sp³-hybridized carbons (Fsp3) is 1.00. The van der Waals surface area contributed by atoms with Crippen molar-refractivity contribution in [2.24, 2.45) is 0 Å². The van der Waals surface area contributed by atoms with E-state index in [0.717, 1.165) is 0 Å². The summed E-state index contributed by atoms with van der Waals surface area (Å²) in [4.78, 5) is 1.93. The van der Waals surface area contributed by atoms with Gasteiger partial charge in [0.1, 0.15) is 0 Å². The lowest BCUT2D eigenvalue weighted by Crippen LogP contribution is -2.43. The van der Waals surface area contributed by atoms with E-state index in [-0.39, 0.29) is 12.2 Å². The molecular formula is C6H13NO2. The zero-order valence-electron chi connectivity index (χ0n) is 5.62. The molecule has 2 N–H and O–H groups in total. The molecule has 2 atom stereocenters. The Labute approximate surface area is 54.9 Å². The summed E-state index contributed by atoms with van der Waals surface area (Å²) < 4.78 is 0. The number of hydrogen-bond donors (Lipinski definition) is 2. The molecule has 1 saturated heterocycles. The molecule has 1 rings (SSSR count). The monoisotopic (exact) mass is 131 g/mol. The molecule has 1 heterocycles. The second-order valence-corrected chi connectivity index (χ2v) is 2.76. The van der Waals surface area contributed by atoms with Crippen LogP contribution in [-0.4, -0.2) is 47.5 Å². The Morgan fingerprint density at radius 3 is 2.00 bits per heavy atom. The molecule has 3 heteroatoms. The van der Waals surface area contributed by atoms with Crippen LogP contribution in [0.3, 0.4) is 0 Å². The molecule has 0 aromatic heterocycles. The van der Waals surface area contributed by atoms with E-state index >= 15 is 0 Å². The molecule has 3 nitrogen and oxygen atoms in total. The van der Waals surface area contributed by atoms with E-state index in [4.69, 9.17) is 10.2 Å². The molecule has 0 saturated carbocycles. The van der Waals surface area contributed by atoms with Gasteiger partial charge in [-0.25, -0.2) is 0 Å². The molecule has 1 fully saturated rings. The van der Waals surface area contributed by atoms with Gasteiger partial charge in [-0.2, -0.15) is 0 Å². The average molecular weight is 131 g/mol. The van der Waals surface area contributed by atoms with Crippen LogP contribution in [0.5, 0.6) is 0 Å². The first-order valence-electron chi connectivity index (χ1n) is 3.23. The maximum atomic E-state index is 9.05. The smallest absolute Gasteiger partial charge is 0.0692 e. The van der Waals surface area contributed by atoms with Gasteiger partial charge >= 0.3 is 0 Å². The minimum Gasteiger partial charge on any atom is -0.392 e. The van der Waals surface area contributed by atoms with Crippen LogP contribution in [0.15, 0.2) is 0 Å². The number of piperidine rings is 1. The molecular weight excluding hydrogens is 118 g/mol. The highest BCUT2D eigenvalue weighted by molar-refractivity contribution is 4.75. The molecule has 1 aliphatic rings. The quantitative estimate of drug-likeness (QED) is 0.445. The van der Waals surface area contributed by atoms with Crippen LogP contribution in [0, 0.1) is 0 Å². The zero-order valence-corrected chi connectivity index (χ0v) is 5.62. The lowest BCUT2D eigenvalue weighted by atomic mass is 10.1. The number of aliphatic hydroxyl groups is 2. The molecule has 9 heavy (non-hydrogen) atoms. The van der Waals surface area contributed by atoms with Gasteiger partial charge in [0.25, 0.3) is 0 Å². The van der Waals surface area contributed by atoms with E-state index in [9.17, 15) is 0 Å². The Balaban J connectivity index is 2.34. The molecule has 0 radical (unpaired) electrons. The van der Waals surface area contributed by atoms with Crippen molar-refractivity contribution in [3.05, 3.63) is 0 Å². The van der Waals surface area contributed by atoms with Crippen molar-refractivity contribution in [3.8, 4) is 0 Å². The summed E-state index contributed by atoms with van der Waals surface area (Å²) in [5, 5.41) is 18.1. The lowest BCUT2D eigenvalue weighted by molar-refractivity contribution is 0.00210. The summed E-state index contributed by atoms with van der Waals surface area (Å²) in [5.41, 5.74) is 0. The Bertz CT molecular complexity index is 72.0. The fourth-order valence-electron chi connectivity index (χ4n) is 1.26. The maximum Gasteiger partial charge on any atom is 0.0692 e. The van der Waals surface area contributed by atoms with E-state index in [1.54, 1.807) is 0 Å². The van der Waals surface area contributed by atoms with Crippen molar-refractivity contribution < 1.29 is 10.2 Å². The molecule has 0 unspecified atom stereocenters. The molecule has 0 aromatic carbocycles. The molecule has 1 aliphatic heterocycles. The van der Waals surface area contributed by atoms with Gasteiger partial charge in [0.2, 0.25) is 0 Å². The predicted molar refractivity (Wildman–Crippen MR) is 34.1 cm³/mol. The van der Waals surface area contributed by atoms with Gasteiger partial charge in [0.15, 0.2) is 0 Å². The Hall–Kier alpha value is -0.120. The Kier molecular flexibility index (Phi) is 2.05. The third-order valence-electron chi connectivity index (χ3n) is 1.59. The lowest BCUT2D eigenvalue weighted by Gasteiger charge is -2.29. The first-order chi connectivity index (χ1) is 4.18. The van der Waals surface area contributed by atoms with Crippen LogP contribution in [0.1, 0.15) is 6.42 Å². The van der Waals surface area contributed by atoms with Gasteiger partial charge in [0.05, 0.1) is 12.2 Å². The van der Waals surface area contributed by atoms with Crippen LogP contribution in [0.25, 0.3) is 0 Å². The molecule has 0 aromatic rings. The van der Waals surface area contributed by atoms with Gasteiger partial charge in [0, 0.05) is 19.5 Å². The third kappa shape index (κ3) is 1.93. The van der Waals surface area contributed by atoms with Crippen LogP contribution >= 0.6 is 0 Å². The van der Waals surface area contributed by atoms with E-state index in [2.05, 4.69) is 0 Å². The van der Waals surface area contributed by atoms with Crippen molar-refractivity contribution >= 4 is 0 Å². The van der Waals surface area contributed by atoms with Gasteiger partial charge < -0.3 is 15.1 Å². The van der Waals surface area contributed by atoms with Gasteiger partial charge in [-0.3, -0.25) is 0 Å². The topological polar surface area (TPSA) is 43.7 Å². The number of β-amino-alcohol motifs (C(OH)–C–C–N with tert-alkyl or cyclic N) is 2. The van der Waals surface area contributed by atoms with E-state index in [1.165, 1.54) is 0 Å².